The van der Waals surface area contributed by atoms with Crippen molar-refractivity contribution in [2.24, 2.45) is 5.92 Å². The Balaban J connectivity index is 1.26. The summed E-state index contributed by atoms with van der Waals surface area (Å²) in [6, 6.07) is 11.8. The first-order valence-electron chi connectivity index (χ1n) is 9.49. The second kappa shape index (κ2) is 8.52. The Labute approximate surface area is 146 Å². The van der Waals surface area contributed by atoms with Crippen LogP contribution in [0.25, 0.3) is 0 Å². The van der Waals surface area contributed by atoms with Crippen molar-refractivity contribution in [2.45, 2.75) is 57.0 Å². The van der Waals surface area contributed by atoms with Crippen LogP contribution >= 0.6 is 0 Å². The van der Waals surface area contributed by atoms with Crippen molar-refractivity contribution in [2.75, 3.05) is 25.0 Å². The highest BCUT2D eigenvalue weighted by molar-refractivity contribution is 5.76. The third kappa shape index (κ3) is 4.97. The molecule has 2 atom stereocenters. The van der Waals surface area contributed by atoms with Crippen molar-refractivity contribution in [1.29, 1.82) is 0 Å². The molecule has 0 saturated carbocycles. The number of piperidine rings is 1. The van der Waals surface area contributed by atoms with Crippen LogP contribution in [0.4, 0.5) is 5.69 Å². The van der Waals surface area contributed by atoms with E-state index in [1.54, 1.807) is 0 Å². The van der Waals surface area contributed by atoms with Crippen molar-refractivity contribution < 1.29 is 4.79 Å². The van der Waals surface area contributed by atoms with Crippen molar-refractivity contribution in [3.05, 3.63) is 30.3 Å². The lowest BCUT2D eigenvalue weighted by molar-refractivity contribution is -0.122. The van der Waals surface area contributed by atoms with Gasteiger partial charge in [0.1, 0.15) is 0 Å². The molecule has 2 saturated heterocycles. The minimum absolute atomic E-state index is 0.248. The Kier molecular flexibility index (Phi) is 6.13. The molecule has 2 N–H and O–H groups in total. The highest BCUT2D eigenvalue weighted by atomic mass is 16.1. The zero-order chi connectivity index (χ0) is 16.8. The molecule has 2 aliphatic heterocycles. The number of nitrogens with one attached hydrogen (secondary N) is 2. The number of anilines is 1. The monoisotopic (exact) mass is 329 g/mol. The molecule has 0 spiro atoms. The van der Waals surface area contributed by atoms with Gasteiger partial charge in [-0.3, -0.25) is 4.79 Å². The molecule has 4 nitrogen and oxygen atoms in total. The van der Waals surface area contributed by atoms with Gasteiger partial charge in [0, 0.05) is 44.3 Å². The minimum atomic E-state index is 0.248. The van der Waals surface area contributed by atoms with Crippen LogP contribution in [0.15, 0.2) is 30.3 Å². The predicted octanol–water partition coefficient (Wildman–Crippen LogP) is 2.94. The highest BCUT2D eigenvalue weighted by Gasteiger charge is 2.33. The number of carbonyl (C=O) groups excluding carboxylic acids is 1. The summed E-state index contributed by atoms with van der Waals surface area (Å²) in [5.41, 5.74) is 1.25. The summed E-state index contributed by atoms with van der Waals surface area (Å²) in [6.07, 6.45) is 7.84. The fourth-order valence-corrected chi connectivity index (χ4v) is 4.19. The van der Waals surface area contributed by atoms with Gasteiger partial charge < -0.3 is 15.5 Å². The quantitative estimate of drug-likeness (QED) is 0.721. The van der Waals surface area contributed by atoms with Crippen LogP contribution in [0.1, 0.15) is 44.9 Å². The van der Waals surface area contributed by atoms with Crippen LogP contribution in [0.2, 0.25) is 0 Å². The Morgan fingerprint density at radius 1 is 1.17 bits per heavy atom. The molecule has 1 aromatic rings. The second-order valence-electron chi connectivity index (χ2n) is 7.49. The number of nitrogens with zero attached hydrogens (tertiary/aromatic N) is 1. The van der Waals surface area contributed by atoms with Gasteiger partial charge in [0.2, 0.25) is 5.91 Å². The van der Waals surface area contributed by atoms with E-state index >= 15 is 0 Å². The Morgan fingerprint density at radius 3 is 2.58 bits per heavy atom. The smallest absolute Gasteiger partial charge is 0.220 e. The third-order valence-electron chi connectivity index (χ3n) is 5.48. The maximum absolute atomic E-state index is 12.1. The minimum Gasteiger partial charge on any atom is -0.375 e. The molecular formula is C20H31N3O. The first kappa shape index (κ1) is 17.3. The topological polar surface area (TPSA) is 44.4 Å². The molecule has 1 amide bonds. The number of hydrogen-bond acceptors (Lipinski definition) is 3. The second-order valence-corrected chi connectivity index (χ2v) is 7.49. The summed E-state index contributed by atoms with van der Waals surface area (Å²) in [7, 11) is 2.12. The average Bonchev–Trinajstić information content (AvgIpc) is 2.93. The average molecular weight is 329 g/mol. The van der Waals surface area contributed by atoms with Crippen molar-refractivity contribution in [1.82, 2.24) is 10.6 Å². The number of para-hydroxylation sites is 1. The van der Waals surface area contributed by atoms with Crippen LogP contribution in [-0.2, 0) is 4.79 Å². The summed E-state index contributed by atoms with van der Waals surface area (Å²) < 4.78 is 0. The molecule has 0 aromatic heterocycles. The van der Waals surface area contributed by atoms with E-state index in [2.05, 4.69) is 46.8 Å². The van der Waals surface area contributed by atoms with E-state index in [1.165, 1.54) is 31.4 Å². The summed E-state index contributed by atoms with van der Waals surface area (Å²) in [5.74, 6) is 0.839. The number of rotatable bonds is 8. The van der Waals surface area contributed by atoms with Gasteiger partial charge >= 0.3 is 0 Å². The van der Waals surface area contributed by atoms with Gasteiger partial charge in [-0.25, -0.2) is 0 Å². The van der Waals surface area contributed by atoms with Gasteiger partial charge in [-0.2, -0.15) is 0 Å². The molecule has 4 heteroatoms. The van der Waals surface area contributed by atoms with Gasteiger partial charge in [0.25, 0.3) is 0 Å². The van der Waals surface area contributed by atoms with E-state index in [9.17, 15) is 4.79 Å². The van der Waals surface area contributed by atoms with E-state index in [0.717, 1.165) is 32.4 Å². The zero-order valence-corrected chi connectivity index (χ0v) is 14.8. The number of hydrogen-bond donors (Lipinski definition) is 2. The maximum Gasteiger partial charge on any atom is 0.220 e. The molecule has 0 radical (unpaired) electrons. The molecule has 2 aliphatic rings. The fourth-order valence-electron chi connectivity index (χ4n) is 4.19. The van der Waals surface area contributed by atoms with Crippen molar-refractivity contribution in [3.8, 4) is 0 Å². The van der Waals surface area contributed by atoms with Gasteiger partial charge in [0.15, 0.2) is 0 Å². The molecule has 1 aromatic carbocycles. The summed E-state index contributed by atoms with van der Waals surface area (Å²) in [6.45, 7) is 1.83. The van der Waals surface area contributed by atoms with Crippen LogP contribution in [0, 0.1) is 5.92 Å². The number of unbranched alkanes of at least 4 members (excludes halogenated alkanes) is 1. The molecular weight excluding hydrogens is 298 g/mol. The predicted molar refractivity (Wildman–Crippen MR) is 99.2 cm³/mol. The van der Waals surface area contributed by atoms with Crippen LogP contribution in [-0.4, -0.2) is 38.1 Å². The molecule has 2 fully saturated rings. The molecule has 3 rings (SSSR count). The summed E-state index contributed by atoms with van der Waals surface area (Å²) in [4.78, 5) is 14.4. The number of benzene rings is 1. The normalized spacial score (nSPS) is 25.5. The Hall–Kier alpha value is -1.55. The van der Waals surface area contributed by atoms with Crippen LogP contribution < -0.4 is 15.5 Å². The Bertz CT molecular complexity index is 507. The lowest BCUT2D eigenvalue weighted by atomic mass is 9.89. The molecule has 2 bridgehead atoms. The van der Waals surface area contributed by atoms with Gasteiger partial charge in [-0.15, -0.1) is 0 Å². The highest BCUT2D eigenvalue weighted by Crippen LogP contribution is 2.32. The molecule has 2 unspecified atom stereocenters. The van der Waals surface area contributed by atoms with E-state index < -0.39 is 0 Å². The van der Waals surface area contributed by atoms with Crippen LogP contribution in [0.5, 0.6) is 0 Å². The lowest BCUT2D eigenvalue weighted by Crippen LogP contribution is -2.39. The van der Waals surface area contributed by atoms with Gasteiger partial charge in [-0.05, 0) is 56.6 Å². The summed E-state index contributed by atoms with van der Waals surface area (Å²) in [5, 5.41) is 6.76. The first-order chi connectivity index (χ1) is 11.7. The van der Waals surface area contributed by atoms with Gasteiger partial charge in [-0.1, -0.05) is 18.2 Å². The molecule has 24 heavy (non-hydrogen) atoms. The van der Waals surface area contributed by atoms with Crippen molar-refractivity contribution in [3.63, 3.8) is 0 Å². The molecule has 0 aliphatic carbocycles. The number of amides is 1. The SMILES string of the molecule is CN(CCCCNC(=O)CC1CC2CCC(C1)N2)c1ccccc1. The zero-order valence-electron chi connectivity index (χ0n) is 14.8. The lowest BCUT2D eigenvalue weighted by Gasteiger charge is -2.28. The third-order valence-corrected chi connectivity index (χ3v) is 5.48. The standard InChI is InChI=1S/C20H31N3O/c1-23(19-7-3-2-4-8-19)12-6-5-11-21-20(24)15-16-13-17-9-10-18(14-16)22-17/h2-4,7-8,16-18,22H,5-6,9-15H2,1H3,(H,21,24). The molecule has 132 valence electrons. The summed E-state index contributed by atoms with van der Waals surface area (Å²) >= 11 is 0. The number of carbonyl (C=O) groups is 1. The largest absolute Gasteiger partial charge is 0.375 e. The van der Waals surface area contributed by atoms with E-state index in [0.29, 0.717) is 18.0 Å². The number of fused-ring (bicyclic) bond motifs is 2. The molecule has 2 heterocycles. The van der Waals surface area contributed by atoms with E-state index in [-0.39, 0.29) is 5.91 Å². The van der Waals surface area contributed by atoms with E-state index in [4.69, 9.17) is 0 Å². The van der Waals surface area contributed by atoms with Crippen LogP contribution in [0.3, 0.4) is 0 Å². The fraction of sp³-hybridized carbons (Fsp3) is 0.650. The van der Waals surface area contributed by atoms with E-state index in [1.807, 2.05) is 6.07 Å². The maximum atomic E-state index is 12.1. The Morgan fingerprint density at radius 2 is 1.88 bits per heavy atom. The van der Waals surface area contributed by atoms with Gasteiger partial charge in [0.05, 0.1) is 0 Å². The van der Waals surface area contributed by atoms with Crippen molar-refractivity contribution >= 4 is 11.6 Å². The first-order valence-corrected chi connectivity index (χ1v) is 9.49.